The number of carbonyl (C=O) groups is 1. The van der Waals surface area contributed by atoms with E-state index >= 15 is 0 Å². The molecular formula is C12H25ClN2O. The third-order valence-corrected chi connectivity index (χ3v) is 3.82. The maximum Gasteiger partial charge on any atom is 0.237 e. The first-order valence-corrected chi connectivity index (χ1v) is 6.04. The highest BCUT2D eigenvalue weighted by molar-refractivity contribution is 5.85. The van der Waals surface area contributed by atoms with Gasteiger partial charge in [-0.05, 0) is 30.6 Å². The molecule has 1 rings (SSSR count). The predicted molar refractivity (Wildman–Crippen MR) is 69.6 cm³/mol. The summed E-state index contributed by atoms with van der Waals surface area (Å²) in [7, 11) is 0. The third-order valence-electron chi connectivity index (χ3n) is 3.82. The standard InChI is InChI=1S/C12H24N2O.ClH/c1-4-12(6-5-7-12)8-14-11(15)10(13)9(2)3;/h9-10H,4-8,13H2,1-3H3,(H,14,15);1H. The molecule has 0 bridgehead atoms. The third kappa shape index (κ3) is 3.63. The monoisotopic (exact) mass is 248 g/mol. The predicted octanol–water partition coefficient (Wildman–Crippen LogP) is 2.09. The maximum atomic E-state index is 11.7. The zero-order chi connectivity index (χ0) is 11.5. The molecule has 96 valence electrons. The second-order valence-electron chi connectivity index (χ2n) is 5.19. The van der Waals surface area contributed by atoms with Crippen LogP contribution in [0.15, 0.2) is 0 Å². The first-order chi connectivity index (χ1) is 7.01. The van der Waals surface area contributed by atoms with Crippen molar-refractivity contribution in [3.8, 4) is 0 Å². The lowest BCUT2D eigenvalue weighted by atomic mass is 9.67. The van der Waals surface area contributed by atoms with Gasteiger partial charge in [0.25, 0.3) is 0 Å². The van der Waals surface area contributed by atoms with E-state index in [2.05, 4.69) is 12.2 Å². The van der Waals surface area contributed by atoms with Crippen LogP contribution in [0.25, 0.3) is 0 Å². The molecular weight excluding hydrogens is 224 g/mol. The molecule has 0 radical (unpaired) electrons. The van der Waals surface area contributed by atoms with Crippen molar-refractivity contribution in [2.75, 3.05) is 6.54 Å². The second-order valence-corrected chi connectivity index (χ2v) is 5.19. The highest BCUT2D eigenvalue weighted by Crippen LogP contribution is 2.42. The van der Waals surface area contributed by atoms with E-state index in [4.69, 9.17) is 5.73 Å². The zero-order valence-electron chi connectivity index (χ0n) is 10.6. The largest absolute Gasteiger partial charge is 0.354 e. The zero-order valence-corrected chi connectivity index (χ0v) is 11.4. The number of hydrogen-bond donors (Lipinski definition) is 2. The van der Waals surface area contributed by atoms with Gasteiger partial charge in [0, 0.05) is 6.54 Å². The Morgan fingerprint density at radius 2 is 2.00 bits per heavy atom. The number of nitrogens with one attached hydrogen (secondary N) is 1. The van der Waals surface area contributed by atoms with Crippen LogP contribution in [0.4, 0.5) is 0 Å². The van der Waals surface area contributed by atoms with E-state index in [1.807, 2.05) is 13.8 Å². The van der Waals surface area contributed by atoms with Crippen molar-refractivity contribution in [3.05, 3.63) is 0 Å². The van der Waals surface area contributed by atoms with E-state index < -0.39 is 0 Å². The van der Waals surface area contributed by atoms with Gasteiger partial charge in [-0.25, -0.2) is 0 Å². The summed E-state index contributed by atoms with van der Waals surface area (Å²) in [6.07, 6.45) is 4.96. The van der Waals surface area contributed by atoms with Crippen molar-refractivity contribution in [1.82, 2.24) is 5.32 Å². The topological polar surface area (TPSA) is 55.1 Å². The van der Waals surface area contributed by atoms with E-state index in [1.165, 1.54) is 19.3 Å². The second kappa shape index (κ2) is 6.45. The lowest BCUT2D eigenvalue weighted by Crippen LogP contribution is -2.49. The molecule has 0 heterocycles. The van der Waals surface area contributed by atoms with Gasteiger partial charge in [-0.3, -0.25) is 4.79 Å². The van der Waals surface area contributed by atoms with Gasteiger partial charge in [0.2, 0.25) is 5.91 Å². The van der Waals surface area contributed by atoms with Crippen LogP contribution >= 0.6 is 12.4 Å². The molecule has 0 aromatic carbocycles. The molecule has 1 saturated carbocycles. The Morgan fingerprint density at radius 3 is 2.31 bits per heavy atom. The normalized spacial score (nSPS) is 19.6. The summed E-state index contributed by atoms with van der Waals surface area (Å²) < 4.78 is 0. The minimum Gasteiger partial charge on any atom is -0.354 e. The molecule has 16 heavy (non-hydrogen) atoms. The van der Waals surface area contributed by atoms with Gasteiger partial charge in [-0.2, -0.15) is 0 Å². The van der Waals surface area contributed by atoms with Crippen molar-refractivity contribution in [1.29, 1.82) is 0 Å². The van der Waals surface area contributed by atoms with Crippen molar-refractivity contribution < 1.29 is 4.79 Å². The number of carbonyl (C=O) groups excluding carboxylic acids is 1. The summed E-state index contributed by atoms with van der Waals surface area (Å²) in [4.78, 5) is 11.7. The van der Waals surface area contributed by atoms with Gasteiger partial charge >= 0.3 is 0 Å². The molecule has 1 fully saturated rings. The minimum absolute atomic E-state index is 0. The van der Waals surface area contributed by atoms with E-state index in [0.717, 1.165) is 13.0 Å². The van der Waals surface area contributed by atoms with E-state index in [0.29, 0.717) is 5.41 Å². The van der Waals surface area contributed by atoms with Gasteiger partial charge in [0.05, 0.1) is 6.04 Å². The first kappa shape index (κ1) is 15.7. The molecule has 1 unspecified atom stereocenters. The lowest BCUT2D eigenvalue weighted by molar-refractivity contribution is -0.124. The number of hydrogen-bond acceptors (Lipinski definition) is 2. The quantitative estimate of drug-likeness (QED) is 0.783. The average molecular weight is 249 g/mol. The summed E-state index contributed by atoms with van der Waals surface area (Å²) >= 11 is 0. The summed E-state index contributed by atoms with van der Waals surface area (Å²) in [5.74, 6) is 0.216. The number of nitrogens with two attached hydrogens (primary N) is 1. The van der Waals surface area contributed by atoms with Gasteiger partial charge < -0.3 is 11.1 Å². The molecule has 3 nitrogen and oxygen atoms in total. The summed E-state index contributed by atoms with van der Waals surface area (Å²) in [5, 5.41) is 2.99. The molecule has 1 amide bonds. The number of rotatable bonds is 5. The molecule has 0 aliphatic heterocycles. The Kier molecular flexibility index (Phi) is 6.34. The van der Waals surface area contributed by atoms with Crippen LogP contribution < -0.4 is 11.1 Å². The fourth-order valence-electron chi connectivity index (χ4n) is 2.03. The molecule has 1 aliphatic carbocycles. The molecule has 0 aromatic heterocycles. The first-order valence-electron chi connectivity index (χ1n) is 6.04. The van der Waals surface area contributed by atoms with E-state index in [9.17, 15) is 4.79 Å². The van der Waals surface area contributed by atoms with Gasteiger partial charge in [0.15, 0.2) is 0 Å². The maximum absolute atomic E-state index is 11.7. The molecule has 1 aliphatic rings. The smallest absolute Gasteiger partial charge is 0.237 e. The molecule has 0 spiro atoms. The summed E-state index contributed by atoms with van der Waals surface area (Å²) in [6.45, 7) is 6.96. The van der Waals surface area contributed by atoms with Crippen molar-refractivity contribution in [2.45, 2.75) is 52.5 Å². The van der Waals surface area contributed by atoms with Gasteiger partial charge in [-0.1, -0.05) is 27.2 Å². The molecule has 0 aromatic rings. The van der Waals surface area contributed by atoms with Crippen molar-refractivity contribution >= 4 is 18.3 Å². The Hall–Kier alpha value is -0.280. The van der Waals surface area contributed by atoms with E-state index in [-0.39, 0.29) is 30.3 Å². The van der Waals surface area contributed by atoms with Crippen molar-refractivity contribution in [2.24, 2.45) is 17.1 Å². The minimum atomic E-state index is -0.362. The van der Waals surface area contributed by atoms with Gasteiger partial charge in [0.1, 0.15) is 0 Å². The van der Waals surface area contributed by atoms with Gasteiger partial charge in [-0.15, -0.1) is 12.4 Å². The lowest BCUT2D eigenvalue weighted by Gasteiger charge is -2.41. The summed E-state index contributed by atoms with van der Waals surface area (Å²) in [5.41, 5.74) is 6.16. The highest BCUT2D eigenvalue weighted by Gasteiger charge is 2.35. The Balaban J connectivity index is 0.00000225. The van der Waals surface area contributed by atoms with Crippen LogP contribution in [0.2, 0.25) is 0 Å². The van der Waals surface area contributed by atoms with Crippen LogP contribution in [-0.4, -0.2) is 18.5 Å². The average Bonchev–Trinajstić information content (AvgIpc) is 2.15. The van der Waals surface area contributed by atoms with Crippen LogP contribution in [0.5, 0.6) is 0 Å². The van der Waals surface area contributed by atoms with Crippen molar-refractivity contribution in [3.63, 3.8) is 0 Å². The Morgan fingerprint density at radius 1 is 1.44 bits per heavy atom. The SMILES string of the molecule is CCC1(CNC(=O)C(N)C(C)C)CCC1.Cl. The number of amides is 1. The van der Waals surface area contributed by atoms with Crippen LogP contribution in [-0.2, 0) is 4.79 Å². The van der Waals surface area contributed by atoms with E-state index in [1.54, 1.807) is 0 Å². The Labute approximate surface area is 105 Å². The number of halogens is 1. The molecule has 3 N–H and O–H groups in total. The molecule has 1 atom stereocenters. The van der Waals surface area contributed by atoms with Crippen LogP contribution in [0, 0.1) is 11.3 Å². The Bertz CT molecular complexity index is 222. The van der Waals surface area contributed by atoms with Crippen LogP contribution in [0.1, 0.15) is 46.5 Å². The van der Waals surface area contributed by atoms with Crippen LogP contribution in [0.3, 0.4) is 0 Å². The summed E-state index contributed by atoms with van der Waals surface area (Å²) in [6, 6.07) is -0.362. The molecule has 0 saturated heterocycles. The highest BCUT2D eigenvalue weighted by atomic mass is 35.5. The molecule has 4 heteroatoms. The fraction of sp³-hybridized carbons (Fsp3) is 0.917. The fourth-order valence-corrected chi connectivity index (χ4v) is 2.03.